The second-order valence-electron chi connectivity index (χ2n) is 16.1. The summed E-state index contributed by atoms with van der Waals surface area (Å²) in [7, 11) is -24.5. The summed E-state index contributed by atoms with van der Waals surface area (Å²) in [4.78, 5) is 0. The minimum absolute atomic E-state index is 0.630. The number of hydrogen-bond acceptors (Lipinski definition) is 10. The second kappa shape index (κ2) is 15.1. The van der Waals surface area contributed by atoms with Gasteiger partial charge in [0.15, 0.2) is 8.32 Å². The predicted molar refractivity (Wildman–Crippen MR) is 202 cm³/mol. The Hall–Kier alpha value is 1.77. The van der Waals surface area contributed by atoms with Gasteiger partial charge in [0.1, 0.15) is 0 Å². The Balaban J connectivity index is 5.46. The van der Waals surface area contributed by atoms with Crippen molar-refractivity contribution in [3.05, 3.63) is 0 Å². The van der Waals surface area contributed by atoms with Crippen molar-refractivity contribution in [2.24, 2.45) is 0 Å². The average molecular weight is 786 g/mol. The van der Waals surface area contributed by atoms with Crippen LogP contribution < -0.4 is 0 Å². The third-order valence-electron chi connectivity index (χ3n) is 4.98. The molecule has 0 N–H and O–H groups in total. The summed E-state index contributed by atoms with van der Waals surface area (Å²) in [5.74, 6) is 0. The van der Waals surface area contributed by atoms with Crippen LogP contribution in [-0.2, 0) is 41.5 Å². The summed E-state index contributed by atoms with van der Waals surface area (Å²) in [6.45, 7) is 46.5. The molecule has 0 heterocycles. The van der Waals surface area contributed by atoms with Crippen LogP contribution in [0.15, 0.2) is 0 Å². The van der Waals surface area contributed by atoms with Crippen LogP contribution in [0, 0.1) is 0 Å². The van der Waals surface area contributed by atoms with Gasteiger partial charge in [-0.15, -0.1) is 0 Å². The molecule has 0 rings (SSSR count). The van der Waals surface area contributed by atoms with E-state index in [1.54, 1.807) is 0 Å². The molecular formula is C23H68O10Si10. The van der Waals surface area contributed by atoms with Crippen LogP contribution in [0.5, 0.6) is 0 Å². The lowest BCUT2D eigenvalue weighted by Crippen LogP contribution is -2.62. The maximum absolute atomic E-state index is 6.74. The highest BCUT2D eigenvalue weighted by molar-refractivity contribution is 6.93. The van der Waals surface area contributed by atoms with Gasteiger partial charge in [-0.1, -0.05) is 0 Å². The molecule has 10 nitrogen and oxygen atoms in total. The number of hydrogen-bond donors (Lipinski definition) is 0. The summed E-state index contributed by atoms with van der Waals surface area (Å²) in [5, 5.41) is 0. The molecule has 0 radical (unpaired) electrons. The normalized spacial score (nSPS) is 15.8. The van der Waals surface area contributed by atoms with Crippen LogP contribution in [0.25, 0.3) is 0 Å². The first-order valence-corrected chi connectivity index (χ1v) is 44.1. The lowest BCUT2D eigenvalue weighted by Gasteiger charge is -2.44. The molecule has 0 unspecified atom stereocenters. The van der Waals surface area contributed by atoms with Crippen molar-refractivity contribution in [3.63, 3.8) is 0 Å². The van der Waals surface area contributed by atoms with Crippen molar-refractivity contribution in [1.29, 1.82) is 0 Å². The molecule has 0 saturated carbocycles. The molecule has 20 heteroatoms. The van der Waals surface area contributed by atoms with Crippen molar-refractivity contribution in [1.82, 2.24) is 0 Å². The molecule has 0 aromatic rings. The summed E-state index contributed by atoms with van der Waals surface area (Å²) < 4.78 is 65.5. The van der Waals surface area contributed by atoms with Crippen LogP contribution in [-0.4, -0.2) is 92.0 Å². The highest BCUT2D eigenvalue weighted by atomic mass is 28.5. The monoisotopic (exact) mass is 784 g/mol. The maximum atomic E-state index is 6.74. The summed E-state index contributed by atoms with van der Waals surface area (Å²) in [5.41, 5.74) is 0. The van der Waals surface area contributed by atoms with Gasteiger partial charge in [0.2, 0.25) is 0 Å². The van der Waals surface area contributed by atoms with E-state index in [2.05, 4.69) is 137 Å². The highest BCUT2D eigenvalue weighted by Gasteiger charge is 2.50. The topological polar surface area (TPSA) is 92.3 Å². The van der Waals surface area contributed by atoms with Gasteiger partial charge in [-0.2, -0.15) is 0 Å². The minimum Gasteiger partial charge on any atom is -0.437 e. The van der Waals surface area contributed by atoms with E-state index in [-0.39, 0.29) is 0 Å². The van der Waals surface area contributed by atoms with Crippen LogP contribution >= 0.6 is 0 Å². The van der Waals surface area contributed by atoms with Gasteiger partial charge in [0, 0.05) is 6.61 Å². The van der Waals surface area contributed by atoms with E-state index in [0.29, 0.717) is 6.61 Å². The van der Waals surface area contributed by atoms with Gasteiger partial charge in [-0.3, -0.25) is 0 Å². The third kappa shape index (κ3) is 21.4. The Morgan fingerprint density at radius 2 is 0.419 bits per heavy atom. The first-order chi connectivity index (χ1) is 18.4. The summed E-state index contributed by atoms with van der Waals surface area (Å²) >= 11 is 0. The average Bonchev–Trinajstić information content (AvgIpc) is 2.48. The molecule has 0 aliphatic rings. The van der Waals surface area contributed by atoms with E-state index >= 15 is 0 Å². The van der Waals surface area contributed by atoms with Crippen LogP contribution in [0.3, 0.4) is 0 Å². The Bertz CT molecular complexity index is 891. The standard InChI is InChI=1S/C23H68O10Si10/c1-23-24-35(5,6)26-37(9,10)28-39(13,14)30-41(17,18)32-43(21,22)33-42(19,20)31-40(15,16)29-38(11,12)27-36(7,8)25-34(2,3)4/h23H2,1-22H3. The van der Waals surface area contributed by atoms with Gasteiger partial charge in [0.05, 0.1) is 0 Å². The van der Waals surface area contributed by atoms with Crippen LogP contribution in [0.2, 0.25) is 137 Å². The Morgan fingerprint density at radius 1 is 0.256 bits per heavy atom. The summed E-state index contributed by atoms with van der Waals surface area (Å²) in [6, 6.07) is 0. The predicted octanol–water partition coefficient (Wildman–Crippen LogP) is 8.32. The fourth-order valence-corrected chi connectivity index (χ4v) is 55.1. The van der Waals surface area contributed by atoms with Gasteiger partial charge in [-0.05, 0) is 144 Å². The molecule has 43 heavy (non-hydrogen) atoms. The van der Waals surface area contributed by atoms with Crippen molar-refractivity contribution in [2.45, 2.75) is 144 Å². The molecule has 0 aromatic carbocycles. The van der Waals surface area contributed by atoms with Crippen molar-refractivity contribution >= 4 is 85.4 Å². The number of rotatable bonds is 20. The van der Waals surface area contributed by atoms with E-state index < -0.39 is 85.4 Å². The van der Waals surface area contributed by atoms with E-state index in [1.165, 1.54) is 0 Å². The molecule has 0 aliphatic heterocycles. The SMILES string of the molecule is CCO[Si](C)(C)O[Si](C)(C)O[Si](C)(C)O[Si](C)(C)O[Si](C)(C)O[Si](C)(C)O[Si](C)(C)O[Si](C)(C)O[Si](C)(C)O[Si](C)(C)C. The molecular weight excluding hydrogens is 717 g/mol. The van der Waals surface area contributed by atoms with Crippen molar-refractivity contribution in [2.75, 3.05) is 6.61 Å². The zero-order valence-corrected chi connectivity index (χ0v) is 41.8. The molecule has 260 valence electrons. The maximum Gasteiger partial charge on any atom is 0.322 e. The van der Waals surface area contributed by atoms with Crippen molar-refractivity contribution in [3.8, 4) is 0 Å². The fourth-order valence-electron chi connectivity index (χ4n) is 6.02. The quantitative estimate of drug-likeness (QED) is 0.112. The highest BCUT2D eigenvalue weighted by Crippen LogP contribution is 2.30. The molecule has 0 aliphatic carbocycles. The fraction of sp³-hybridized carbons (Fsp3) is 1.00. The van der Waals surface area contributed by atoms with Gasteiger partial charge >= 0.3 is 77.0 Å². The first kappa shape index (κ1) is 44.8. The molecule has 0 atom stereocenters. The Kier molecular flexibility index (Phi) is 15.7. The molecule has 0 aromatic heterocycles. The van der Waals surface area contributed by atoms with E-state index in [1.807, 2.05) is 6.92 Å². The lowest BCUT2D eigenvalue weighted by molar-refractivity contribution is 0.230. The molecule has 0 fully saturated rings. The van der Waals surface area contributed by atoms with Gasteiger partial charge in [0.25, 0.3) is 0 Å². The first-order valence-electron chi connectivity index (χ1n) is 15.4. The largest absolute Gasteiger partial charge is 0.437 e. The molecule has 0 amide bonds. The minimum atomic E-state index is -2.66. The van der Waals surface area contributed by atoms with Gasteiger partial charge in [-0.25, -0.2) is 0 Å². The van der Waals surface area contributed by atoms with Crippen LogP contribution in [0.1, 0.15) is 6.92 Å². The smallest absolute Gasteiger partial charge is 0.322 e. The zero-order valence-electron chi connectivity index (χ0n) is 31.8. The van der Waals surface area contributed by atoms with E-state index in [9.17, 15) is 0 Å². The molecule has 0 bridgehead atoms. The van der Waals surface area contributed by atoms with Crippen molar-refractivity contribution < 1.29 is 41.5 Å². The molecule has 0 saturated heterocycles. The van der Waals surface area contributed by atoms with Gasteiger partial charge < -0.3 is 41.5 Å². The van der Waals surface area contributed by atoms with E-state index in [4.69, 9.17) is 41.5 Å². The zero-order chi connectivity index (χ0) is 34.8. The Labute approximate surface area is 276 Å². The van der Waals surface area contributed by atoms with Crippen LogP contribution in [0.4, 0.5) is 0 Å². The van der Waals surface area contributed by atoms with E-state index in [0.717, 1.165) is 0 Å². The lowest BCUT2D eigenvalue weighted by atomic mass is 10.9. The molecule has 0 spiro atoms. The summed E-state index contributed by atoms with van der Waals surface area (Å²) in [6.07, 6.45) is 0. The Morgan fingerprint density at radius 3 is 0.581 bits per heavy atom. The third-order valence-corrected chi connectivity index (χ3v) is 41.8. The second-order valence-corrected chi connectivity index (χ2v) is 53.1.